The number of amides is 2. The van der Waals surface area contributed by atoms with Gasteiger partial charge in [0, 0.05) is 18.6 Å². The Morgan fingerprint density at radius 3 is 2.76 bits per heavy atom. The molecule has 1 aliphatic rings. The third kappa shape index (κ3) is 3.85. The first-order valence-electron chi connectivity index (χ1n) is 6.69. The lowest BCUT2D eigenvalue weighted by Crippen LogP contribution is -2.40. The third-order valence-corrected chi connectivity index (χ3v) is 3.52. The van der Waals surface area contributed by atoms with E-state index < -0.39 is 12.0 Å². The van der Waals surface area contributed by atoms with E-state index in [4.69, 9.17) is 9.84 Å². The molecule has 0 spiro atoms. The largest absolute Gasteiger partial charge is 0.506 e. The molecule has 2 atom stereocenters. The smallest absolute Gasteiger partial charge is 0.335 e. The molecule has 21 heavy (non-hydrogen) atoms. The van der Waals surface area contributed by atoms with Crippen molar-refractivity contribution in [1.82, 2.24) is 5.32 Å². The number of anilines is 1. The molecule has 2 unspecified atom stereocenters. The summed E-state index contributed by atoms with van der Waals surface area (Å²) in [6.45, 7) is 3.22. The fourth-order valence-electron chi connectivity index (χ4n) is 2.20. The van der Waals surface area contributed by atoms with Gasteiger partial charge in [-0.25, -0.2) is 9.59 Å². The predicted octanol–water partition coefficient (Wildman–Crippen LogP) is 1.64. The van der Waals surface area contributed by atoms with Gasteiger partial charge in [0.15, 0.2) is 0 Å². The van der Waals surface area contributed by atoms with Crippen LogP contribution in [0.3, 0.4) is 0 Å². The average molecular weight is 294 g/mol. The predicted molar refractivity (Wildman–Crippen MR) is 75.6 cm³/mol. The van der Waals surface area contributed by atoms with Crippen LogP contribution < -0.4 is 10.6 Å². The minimum absolute atomic E-state index is 0.0464. The highest BCUT2D eigenvalue weighted by Crippen LogP contribution is 2.24. The number of ether oxygens (including phenoxy) is 1. The van der Waals surface area contributed by atoms with E-state index in [0.29, 0.717) is 13.2 Å². The third-order valence-electron chi connectivity index (χ3n) is 3.52. The molecule has 2 rings (SSSR count). The SMILES string of the molecule is CC(NC(=O)Nc1ccc(C(=O)O)cc1O)C1CCOC1. The van der Waals surface area contributed by atoms with Crippen LogP contribution in [0.4, 0.5) is 10.5 Å². The first-order chi connectivity index (χ1) is 9.97. The van der Waals surface area contributed by atoms with E-state index in [9.17, 15) is 14.7 Å². The summed E-state index contributed by atoms with van der Waals surface area (Å²) in [5.74, 6) is -1.16. The molecule has 1 fully saturated rings. The summed E-state index contributed by atoms with van der Waals surface area (Å²) in [4.78, 5) is 22.6. The molecule has 7 nitrogen and oxygen atoms in total. The second-order valence-corrected chi connectivity index (χ2v) is 5.05. The van der Waals surface area contributed by atoms with Gasteiger partial charge in [-0.3, -0.25) is 0 Å². The van der Waals surface area contributed by atoms with Crippen molar-refractivity contribution in [3.8, 4) is 5.75 Å². The highest BCUT2D eigenvalue weighted by atomic mass is 16.5. The Labute approximate surface area is 121 Å². The molecule has 0 bridgehead atoms. The number of nitrogens with one attached hydrogen (secondary N) is 2. The number of benzene rings is 1. The molecular formula is C14H18N2O5. The molecule has 2 amide bonds. The Morgan fingerprint density at radius 1 is 1.43 bits per heavy atom. The summed E-state index contributed by atoms with van der Waals surface area (Å²) < 4.78 is 5.27. The zero-order valence-electron chi connectivity index (χ0n) is 11.6. The van der Waals surface area contributed by atoms with Gasteiger partial charge in [-0.2, -0.15) is 0 Å². The number of urea groups is 1. The summed E-state index contributed by atoms with van der Waals surface area (Å²) in [7, 11) is 0. The summed E-state index contributed by atoms with van der Waals surface area (Å²) >= 11 is 0. The zero-order valence-corrected chi connectivity index (χ0v) is 11.6. The first kappa shape index (κ1) is 15.1. The fraction of sp³-hybridized carbons (Fsp3) is 0.429. The van der Waals surface area contributed by atoms with Crippen molar-refractivity contribution < 1.29 is 24.5 Å². The van der Waals surface area contributed by atoms with E-state index in [2.05, 4.69) is 10.6 Å². The number of aromatic hydroxyl groups is 1. The number of carbonyl (C=O) groups is 2. The molecule has 1 aliphatic heterocycles. The van der Waals surface area contributed by atoms with Crippen molar-refractivity contribution >= 4 is 17.7 Å². The van der Waals surface area contributed by atoms with E-state index in [1.165, 1.54) is 12.1 Å². The van der Waals surface area contributed by atoms with Crippen LogP contribution in [0.15, 0.2) is 18.2 Å². The van der Waals surface area contributed by atoms with E-state index in [0.717, 1.165) is 12.5 Å². The number of carboxylic acids is 1. The second-order valence-electron chi connectivity index (χ2n) is 5.05. The summed E-state index contributed by atoms with van der Waals surface area (Å²) in [5.41, 5.74) is 0.113. The lowest BCUT2D eigenvalue weighted by atomic mass is 10.0. The van der Waals surface area contributed by atoms with Crippen LogP contribution in [0.5, 0.6) is 5.75 Å². The molecule has 1 aromatic carbocycles. The molecule has 0 aliphatic carbocycles. The molecule has 0 saturated carbocycles. The van der Waals surface area contributed by atoms with Crippen molar-refractivity contribution in [2.24, 2.45) is 5.92 Å². The molecule has 4 N–H and O–H groups in total. The maximum Gasteiger partial charge on any atom is 0.335 e. The number of hydrogen-bond donors (Lipinski definition) is 4. The Hall–Kier alpha value is -2.28. The van der Waals surface area contributed by atoms with Crippen LogP contribution in [0.25, 0.3) is 0 Å². The van der Waals surface area contributed by atoms with Crippen LogP contribution >= 0.6 is 0 Å². The molecule has 114 valence electrons. The number of phenols is 1. The maximum absolute atomic E-state index is 11.9. The van der Waals surface area contributed by atoms with Crippen molar-refractivity contribution in [3.05, 3.63) is 23.8 Å². The van der Waals surface area contributed by atoms with Gasteiger partial charge in [-0.15, -0.1) is 0 Å². The summed E-state index contributed by atoms with van der Waals surface area (Å²) in [5, 5.41) is 23.8. The van der Waals surface area contributed by atoms with Crippen LogP contribution in [0.1, 0.15) is 23.7 Å². The van der Waals surface area contributed by atoms with Gasteiger partial charge in [-0.1, -0.05) is 0 Å². The first-order valence-corrected chi connectivity index (χ1v) is 6.69. The normalized spacial score (nSPS) is 19.0. The van der Waals surface area contributed by atoms with Crippen molar-refractivity contribution in [2.75, 3.05) is 18.5 Å². The van der Waals surface area contributed by atoms with Crippen molar-refractivity contribution in [3.63, 3.8) is 0 Å². The van der Waals surface area contributed by atoms with E-state index in [1.807, 2.05) is 6.92 Å². The Morgan fingerprint density at radius 2 is 2.19 bits per heavy atom. The fourth-order valence-corrected chi connectivity index (χ4v) is 2.20. The van der Waals surface area contributed by atoms with Crippen molar-refractivity contribution in [2.45, 2.75) is 19.4 Å². The highest BCUT2D eigenvalue weighted by molar-refractivity contribution is 5.93. The number of carbonyl (C=O) groups excluding carboxylic acids is 1. The number of aromatic carboxylic acids is 1. The van der Waals surface area contributed by atoms with Gasteiger partial charge in [0.05, 0.1) is 17.9 Å². The number of rotatable bonds is 4. The number of carboxylic acid groups (broad SMARTS) is 1. The minimum atomic E-state index is -1.14. The Kier molecular flexibility index (Phi) is 4.64. The average Bonchev–Trinajstić information content (AvgIpc) is 2.94. The van der Waals surface area contributed by atoms with Gasteiger partial charge in [0.2, 0.25) is 0 Å². The second kappa shape index (κ2) is 6.45. The Balaban J connectivity index is 1.94. The molecule has 1 aromatic rings. The van der Waals surface area contributed by atoms with Gasteiger partial charge < -0.3 is 25.6 Å². The van der Waals surface area contributed by atoms with Gasteiger partial charge >= 0.3 is 12.0 Å². The number of hydrogen-bond acceptors (Lipinski definition) is 4. The van der Waals surface area contributed by atoms with Gasteiger partial charge in [0.1, 0.15) is 5.75 Å². The topological polar surface area (TPSA) is 108 Å². The molecule has 1 heterocycles. The molecule has 7 heteroatoms. The van der Waals surface area contributed by atoms with Gasteiger partial charge in [-0.05, 0) is 31.5 Å². The molecule has 1 saturated heterocycles. The van der Waals surface area contributed by atoms with Gasteiger partial charge in [0.25, 0.3) is 0 Å². The van der Waals surface area contributed by atoms with E-state index in [1.54, 1.807) is 0 Å². The number of phenolic OH excluding ortho intramolecular Hbond substituents is 1. The monoisotopic (exact) mass is 294 g/mol. The highest BCUT2D eigenvalue weighted by Gasteiger charge is 2.23. The standard InChI is InChI=1S/C14H18N2O5/c1-8(10-4-5-21-7-10)15-14(20)16-11-3-2-9(13(18)19)6-12(11)17/h2-3,6,8,10,17H,4-5,7H2,1H3,(H,18,19)(H2,15,16,20). The van der Waals surface area contributed by atoms with Crippen LogP contribution in [-0.4, -0.2) is 41.5 Å². The van der Waals surface area contributed by atoms with E-state index >= 15 is 0 Å². The van der Waals surface area contributed by atoms with E-state index in [-0.39, 0.29) is 29.0 Å². The zero-order chi connectivity index (χ0) is 15.4. The van der Waals surface area contributed by atoms with Crippen LogP contribution in [0.2, 0.25) is 0 Å². The quantitative estimate of drug-likeness (QED) is 0.631. The molecular weight excluding hydrogens is 276 g/mol. The Bertz CT molecular complexity index is 540. The summed E-state index contributed by atoms with van der Waals surface area (Å²) in [6.07, 6.45) is 0.903. The van der Waals surface area contributed by atoms with Crippen molar-refractivity contribution in [1.29, 1.82) is 0 Å². The lowest BCUT2D eigenvalue weighted by molar-refractivity contribution is 0.0696. The minimum Gasteiger partial charge on any atom is -0.506 e. The summed E-state index contributed by atoms with van der Waals surface area (Å²) in [6, 6.07) is 3.25. The molecule has 0 aromatic heterocycles. The maximum atomic E-state index is 11.9. The van der Waals surface area contributed by atoms with Crippen LogP contribution in [0, 0.1) is 5.92 Å². The lowest BCUT2D eigenvalue weighted by Gasteiger charge is -2.19. The molecule has 0 radical (unpaired) electrons. The van der Waals surface area contributed by atoms with Crippen LogP contribution in [-0.2, 0) is 4.74 Å².